The van der Waals surface area contributed by atoms with Crippen LogP contribution in [0.3, 0.4) is 0 Å². The number of nitrogens with one attached hydrogen (secondary N) is 1. The van der Waals surface area contributed by atoms with Gasteiger partial charge in [0.15, 0.2) is 6.61 Å². The van der Waals surface area contributed by atoms with Crippen LogP contribution in [0.2, 0.25) is 0 Å². The Labute approximate surface area is 115 Å². The number of benzene rings is 1. The molecular formula is C15H22N2O2. The van der Waals surface area contributed by atoms with Crippen molar-refractivity contribution in [3.05, 3.63) is 29.8 Å². The largest absolute Gasteiger partial charge is 0.479 e. The molecule has 0 aliphatic rings. The van der Waals surface area contributed by atoms with Crippen LogP contribution in [0.1, 0.15) is 32.3 Å². The number of ether oxygens (including phenoxy) is 1. The molecule has 0 saturated carbocycles. The summed E-state index contributed by atoms with van der Waals surface area (Å²) in [5.41, 5.74) is 0.509. The summed E-state index contributed by atoms with van der Waals surface area (Å²) < 4.78 is 5.18. The molecule has 0 aliphatic carbocycles. The third-order valence-electron chi connectivity index (χ3n) is 3.33. The van der Waals surface area contributed by atoms with Gasteiger partial charge in [0, 0.05) is 13.1 Å². The summed E-state index contributed by atoms with van der Waals surface area (Å²) in [6.07, 6.45) is 1.49. The quantitative estimate of drug-likeness (QED) is 0.754. The Morgan fingerprint density at radius 1 is 1.26 bits per heavy atom. The third-order valence-corrected chi connectivity index (χ3v) is 3.33. The Hall–Kier alpha value is -1.57. The Morgan fingerprint density at radius 2 is 1.89 bits per heavy atom. The third kappa shape index (κ3) is 5.29. The van der Waals surface area contributed by atoms with Gasteiger partial charge in [-0.2, -0.15) is 5.26 Å². The van der Waals surface area contributed by atoms with Crippen molar-refractivity contribution in [1.82, 2.24) is 5.32 Å². The van der Waals surface area contributed by atoms with Crippen LogP contribution >= 0.6 is 0 Å². The van der Waals surface area contributed by atoms with Gasteiger partial charge in [-0.05, 0) is 30.5 Å². The van der Waals surface area contributed by atoms with Crippen LogP contribution in [-0.4, -0.2) is 23.9 Å². The minimum atomic E-state index is -0.615. The first-order valence-corrected chi connectivity index (χ1v) is 6.65. The fourth-order valence-electron chi connectivity index (χ4n) is 1.76. The van der Waals surface area contributed by atoms with Crippen molar-refractivity contribution in [2.24, 2.45) is 0 Å². The summed E-state index contributed by atoms with van der Waals surface area (Å²) in [5.74, 6) is 0.698. The molecule has 19 heavy (non-hydrogen) atoms. The van der Waals surface area contributed by atoms with Crippen molar-refractivity contribution in [3.63, 3.8) is 0 Å². The highest BCUT2D eigenvalue weighted by molar-refractivity contribution is 5.27. The standard InChI is InChI=1S/C15H22N2O2/c1-3-15(18,4-2)12-17-11-13-5-7-14(8-6-13)19-10-9-16/h5-8,17-18H,3-4,10-12H2,1-2H3. The average molecular weight is 262 g/mol. The zero-order valence-electron chi connectivity index (χ0n) is 11.6. The van der Waals surface area contributed by atoms with E-state index in [1.165, 1.54) is 0 Å². The second-order valence-electron chi connectivity index (χ2n) is 4.63. The van der Waals surface area contributed by atoms with Crippen molar-refractivity contribution in [2.45, 2.75) is 38.8 Å². The zero-order valence-corrected chi connectivity index (χ0v) is 11.6. The van der Waals surface area contributed by atoms with Crippen molar-refractivity contribution in [3.8, 4) is 11.8 Å². The normalized spacial score (nSPS) is 11.1. The zero-order chi connectivity index (χ0) is 14.1. The molecule has 1 aromatic carbocycles. The summed E-state index contributed by atoms with van der Waals surface area (Å²) in [6.45, 7) is 5.35. The molecule has 0 radical (unpaired) electrons. The van der Waals surface area contributed by atoms with Gasteiger partial charge in [-0.1, -0.05) is 26.0 Å². The first-order chi connectivity index (χ1) is 9.13. The molecule has 0 aromatic heterocycles. The van der Waals surface area contributed by atoms with Crippen LogP contribution in [0.5, 0.6) is 5.75 Å². The minimum Gasteiger partial charge on any atom is -0.479 e. The maximum Gasteiger partial charge on any atom is 0.174 e. The van der Waals surface area contributed by atoms with Crippen LogP contribution in [0.15, 0.2) is 24.3 Å². The Balaban J connectivity index is 2.40. The lowest BCUT2D eigenvalue weighted by atomic mass is 9.97. The van der Waals surface area contributed by atoms with Crippen molar-refractivity contribution < 1.29 is 9.84 Å². The number of hydrogen-bond acceptors (Lipinski definition) is 4. The summed E-state index contributed by atoms with van der Waals surface area (Å²) >= 11 is 0. The van der Waals surface area contributed by atoms with Crippen molar-refractivity contribution in [2.75, 3.05) is 13.2 Å². The van der Waals surface area contributed by atoms with Gasteiger partial charge in [0.25, 0.3) is 0 Å². The molecule has 104 valence electrons. The van der Waals surface area contributed by atoms with E-state index in [2.05, 4.69) is 5.32 Å². The minimum absolute atomic E-state index is 0.0671. The first kappa shape index (κ1) is 15.5. The average Bonchev–Trinajstić information content (AvgIpc) is 2.46. The second kappa shape index (κ2) is 7.78. The van der Waals surface area contributed by atoms with Crippen LogP contribution < -0.4 is 10.1 Å². The Kier molecular flexibility index (Phi) is 6.34. The molecule has 4 nitrogen and oxygen atoms in total. The van der Waals surface area contributed by atoms with E-state index in [1.54, 1.807) is 0 Å². The van der Waals surface area contributed by atoms with Gasteiger partial charge in [0.1, 0.15) is 11.8 Å². The van der Waals surface area contributed by atoms with Gasteiger partial charge in [0.2, 0.25) is 0 Å². The molecule has 1 rings (SSSR count). The molecule has 0 spiro atoms. The second-order valence-corrected chi connectivity index (χ2v) is 4.63. The van der Waals surface area contributed by atoms with E-state index in [-0.39, 0.29) is 6.61 Å². The number of nitrogens with zero attached hydrogens (tertiary/aromatic N) is 1. The SMILES string of the molecule is CCC(O)(CC)CNCc1ccc(OCC#N)cc1. The fourth-order valence-corrected chi connectivity index (χ4v) is 1.76. The fraction of sp³-hybridized carbons (Fsp3) is 0.533. The molecule has 0 bridgehead atoms. The number of hydrogen-bond donors (Lipinski definition) is 2. The summed E-state index contributed by atoms with van der Waals surface area (Å²) in [6, 6.07) is 9.54. The number of aliphatic hydroxyl groups is 1. The highest BCUT2D eigenvalue weighted by atomic mass is 16.5. The van der Waals surface area contributed by atoms with E-state index in [1.807, 2.05) is 44.2 Å². The van der Waals surface area contributed by atoms with Gasteiger partial charge in [-0.15, -0.1) is 0 Å². The molecule has 1 aromatic rings. The highest BCUT2D eigenvalue weighted by Crippen LogP contribution is 2.14. The van der Waals surface area contributed by atoms with Gasteiger partial charge in [0.05, 0.1) is 5.60 Å². The van der Waals surface area contributed by atoms with E-state index < -0.39 is 5.60 Å². The lowest BCUT2D eigenvalue weighted by Crippen LogP contribution is -2.39. The first-order valence-electron chi connectivity index (χ1n) is 6.65. The van der Waals surface area contributed by atoms with Gasteiger partial charge in [-0.25, -0.2) is 0 Å². The van der Waals surface area contributed by atoms with E-state index in [4.69, 9.17) is 10.00 Å². The maximum absolute atomic E-state index is 10.1. The highest BCUT2D eigenvalue weighted by Gasteiger charge is 2.20. The van der Waals surface area contributed by atoms with Crippen LogP contribution in [-0.2, 0) is 6.54 Å². The van der Waals surface area contributed by atoms with Crippen molar-refractivity contribution in [1.29, 1.82) is 5.26 Å². The topological polar surface area (TPSA) is 65.3 Å². The van der Waals surface area contributed by atoms with E-state index in [0.717, 1.165) is 18.4 Å². The maximum atomic E-state index is 10.1. The lowest BCUT2D eigenvalue weighted by Gasteiger charge is -2.25. The monoisotopic (exact) mass is 262 g/mol. The molecule has 0 aliphatic heterocycles. The van der Waals surface area contributed by atoms with Gasteiger partial charge in [-0.3, -0.25) is 0 Å². The lowest BCUT2D eigenvalue weighted by molar-refractivity contribution is 0.0323. The van der Waals surface area contributed by atoms with Gasteiger partial charge >= 0.3 is 0 Å². The number of nitriles is 1. The van der Waals surface area contributed by atoms with Crippen LogP contribution in [0.4, 0.5) is 0 Å². The molecule has 0 amide bonds. The molecular weight excluding hydrogens is 240 g/mol. The summed E-state index contributed by atoms with van der Waals surface area (Å²) in [4.78, 5) is 0. The smallest absolute Gasteiger partial charge is 0.174 e. The number of rotatable bonds is 8. The predicted molar refractivity (Wildman–Crippen MR) is 74.8 cm³/mol. The summed E-state index contributed by atoms with van der Waals surface area (Å²) in [5, 5.41) is 21.8. The molecule has 4 heteroatoms. The van der Waals surface area contributed by atoms with E-state index >= 15 is 0 Å². The molecule has 0 heterocycles. The van der Waals surface area contributed by atoms with E-state index in [0.29, 0.717) is 18.8 Å². The van der Waals surface area contributed by atoms with E-state index in [9.17, 15) is 5.11 Å². The van der Waals surface area contributed by atoms with Crippen LogP contribution in [0.25, 0.3) is 0 Å². The Bertz CT molecular complexity index is 405. The van der Waals surface area contributed by atoms with Crippen LogP contribution in [0, 0.1) is 11.3 Å². The summed E-state index contributed by atoms with van der Waals surface area (Å²) in [7, 11) is 0. The van der Waals surface area contributed by atoms with Gasteiger partial charge < -0.3 is 15.2 Å². The molecule has 2 N–H and O–H groups in total. The van der Waals surface area contributed by atoms with Crippen molar-refractivity contribution >= 4 is 0 Å². The molecule has 0 fully saturated rings. The molecule has 0 saturated heterocycles. The molecule has 0 atom stereocenters. The molecule has 0 unspecified atom stereocenters. The Morgan fingerprint density at radius 3 is 2.42 bits per heavy atom. The predicted octanol–water partition coefficient (Wildman–Crippen LogP) is 2.23.